The summed E-state index contributed by atoms with van der Waals surface area (Å²) in [5, 5.41) is 7.64. The predicted octanol–water partition coefficient (Wildman–Crippen LogP) is 8.47. The molecule has 0 bridgehead atoms. The maximum Gasteiger partial charge on any atom is 0.407 e. The summed E-state index contributed by atoms with van der Waals surface area (Å²) in [5.41, 5.74) is 6.58. The molecule has 16 nitrogen and oxygen atoms in total. The highest BCUT2D eigenvalue weighted by Crippen LogP contribution is 2.44. The predicted molar refractivity (Wildman–Crippen MR) is 248 cm³/mol. The number of imidazole rings is 2. The molecule has 6 heterocycles. The molecule has 4 aliphatic heterocycles. The van der Waals surface area contributed by atoms with Gasteiger partial charge in [-0.1, -0.05) is 38.5 Å². The number of carbonyl (C=O) groups excluding carboxylic acids is 4. The molecule has 4 N–H and O–H groups in total. The molecule has 0 saturated carbocycles. The standard InChI is InChI=1S/C50H62N8O8/c1-9-25(2)42(55-49(61)63-7)47(59)57-26(3)10-16-39(57)45-51-23-38(53-45)31-12-14-34-33(20-31)24-65-41-22-35-30(21-36(34)41)13-15-37-44(35)54-46(52-37)40-17-11-27(4)58(40)48(60)43(56-50(62)64-8)32-18-28(5)66-29(6)19-32/h12-15,20-23,25-29,32,39-40,42-43H,9-11,16-19,24H2,1-8H3,(H,51,53)(H,52,54)(H,55,61)(H,56,62). The largest absolute Gasteiger partial charge is 0.488 e. The number of nitrogens with one attached hydrogen (secondary N) is 4. The first-order valence-electron chi connectivity index (χ1n) is 23.5. The molecule has 2 aromatic heterocycles. The monoisotopic (exact) mass is 902 g/mol. The third-order valence-electron chi connectivity index (χ3n) is 14.6. The average Bonchev–Trinajstić information content (AvgIpc) is 4.14. The zero-order valence-corrected chi connectivity index (χ0v) is 39.1. The van der Waals surface area contributed by atoms with Crippen molar-refractivity contribution in [1.29, 1.82) is 0 Å². The van der Waals surface area contributed by atoms with Gasteiger partial charge in [-0.25, -0.2) is 19.6 Å². The second kappa shape index (κ2) is 18.3. The van der Waals surface area contributed by atoms with E-state index in [0.29, 0.717) is 31.1 Å². The Morgan fingerprint density at radius 3 is 2.20 bits per heavy atom. The average molecular weight is 903 g/mol. The van der Waals surface area contributed by atoms with Crippen LogP contribution in [-0.4, -0.2) is 104 Å². The number of hydrogen-bond acceptors (Lipinski definition) is 10. The number of carbonyl (C=O) groups is 4. The number of likely N-dealkylation sites (tertiary alicyclic amines) is 2. The van der Waals surface area contributed by atoms with Gasteiger partial charge < -0.3 is 49.3 Å². The molecule has 4 amide bonds. The fourth-order valence-corrected chi connectivity index (χ4v) is 11.0. The molecular formula is C50H62N8O8. The van der Waals surface area contributed by atoms with E-state index in [1.165, 1.54) is 14.2 Å². The molecule has 9 atom stereocenters. The van der Waals surface area contributed by atoms with E-state index in [1.807, 2.05) is 56.7 Å². The molecule has 350 valence electrons. The summed E-state index contributed by atoms with van der Waals surface area (Å²) >= 11 is 0. The van der Waals surface area contributed by atoms with Gasteiger partial charge in [0.2, 0.25) is 11.8 Å². The minimum absolute atomic E-state index is 0.0192. The minimum Gasteiger partial charge on any atom is -0.488 e. The Bertz CT molecular complexity index is 2650. The van der Waals surface area contributed by atoms with Gasteiger partial charge >= 0.3 is 12.2 Å². The van der Waals surface area contributed by atoms with Crippen LogP contribution in [0.4, 0.5) is 9.59 Å². The van der Waals surface area contributed by atoms with Gasteiger partial charge in [0.1, 0.15) is 36.1 Å². The van der Waals surface area contributed by atoms with E-state index in [1.54, 1.807) is 0 Å². The number of amides is 4. The summed E-state index contributed by atoms with van der Waals surface area (Å²) in [7, 11) is 2.62. The zero-order valence-electron chi connectivity index (χ0n) is 39.1. The zero-order chi connectivity index (χ0) is 46.6. The van der Waals surface area contributed by atoms with Gasteiger partial charge in [0.15, 0.2) is 0 Å². The first kappa shape index (κ1) is 45.0. The van der Waals surface area contributed by atoms with Crippen LogP contribution in [-0.2, 0) is 30.4 Å². The van der Waals surface area contributed by atoms with Crippen LogP contribution < -0.4 is 15.4 Å². The Kier molecular flexibility index (Phi) is 12.5. The van der Waals surface area contributed by atoms with Gasteiger partial charge in [-0.2, -0.15) is 0 Å². The molecule has 3 saturated heterocycles. The summed E-state index contributed by atoms with van der Waals surface area (Å²) in [6.45, 7) is 12.5. The molecule has 3 fully saturated rings. The Hall–Kier alpha value is -6.16. The van der Waals surface area contributed by atoms with E-state index in [4.69, 9.17) is 28.9 Å². The smallest absolute Gasteiger partial charge is 0.407 e. The lowest BCUT2D eigenvalue weighted by Crippen LogP contribution is -2.55. The third kappa shape index (κ3) is 8.32. The van der Waals surface area contributed by atoms with E-state index in [-0.39, 0.29) is 60.0 Å². The van der Waals surface area contributed by atoms with Gasteiger partial charge in [0, 0.05) is 23.0 Å². The van der Waals surface area contributed by atoms with Crippen LogP contribution in [0.25, 0.3) is 44.2 Å². The summed E-state index contributed by atoms with van der Waals surface area (Å²) in [6, 6.07) is 12.6. The highest BCUT2D eigenvalue weighted by atomic mass is 16.5. The molecule has 4 aliphatic rings. The first-order chi connectivity index (χ1) is 31.8. The number of alkyl carbamates (subject to hydrolysis) is 2. The Balaban J connectivity index is 0.964. The van der Waals surface area contributed by atoms with Crippen molar-refractivity contribution in [1.82, 2.24) is 40.4 Å². The normalized spacial score (nSPS) is 25.1. The van der Waals surface area contributed by atoms with E-state index in [0.717, 1.165) is 87.6 Å². The van der Waals surface area contributed by atoms with Crippen molar-refractivity contribution in [2.45, 2.75) is 142 Å². The van der Waals surface area contributed by atoms with Crippen molar-refractivity contribution < 1.29 is 38.1 Å². The number of aromatic nitrogens is 4. The molecule has 3 aromatic carbocycles. The van der Waals surface area contributed by atoms with Crippen molar-refractivity contribution in [3.05, 3.63) is 65.9 Å². The summed E-state index contributed by atoms with van der Waals surface area (Å²) in [4.78, 5) is 74.4. The van der Waals surface area contributed by atoms with Gasteiger partial charge in [0.25, 0.3) is 0 Å². The Morgan fingerprint density at radius 1 is 0.818 bits per heavy atom. The van der Waals surface area contributed by atoms with Crippen molar-refractivity contribution in [2.24, 2.45) is 11.8 Å². The second-order valence-electron chi connectivity index (χ2n) is 19.0. The number of H-pyrrole nitrogens is 2. The van der Waals surface area contributed by atoms with Crippen LogP contribution >= 0.6 is 0 Å². The molecule has 16 heteroatoms. The highest BCUT2D eigenvalue weighted by Gasteiger charge is 2.45. The second-order valence-corrected chi connectivity index (χ2v) is 19.0. The van der Waals surface area contributed by atoms with Crippen LogP contribution in [0.2, 0.25) is 0 Å². The highest BCUT2D eigenvalue weighted by molar-refractivity contribution is 6.07. The molecule has 0 radical (unpaired) electrons. The van der Waals surface area contributed by atoms with Gasteiger partial charge in [-0.15, -0.1) is 0 Å². The lowest BCUT2D eigenvalue weighted by Gasteiger charge is -2.39. The number of ether oxygens (including phenoxy) is 4. The summed E-state index contributed by atoms with van der Waals surface area (Å²) < 4.78 is 22.3. The van der Waals surface area contributed by atoms with Crippen molar-refractivity contribution >= 4 is 45.8 Å². The summed E-state index contributed by atoms with van der Waals surface area (Å²) in [5.74, 6) is 1.74. The van der Waals surface area contributed by atoms with E-state index < -0.39 is 24.3 Å². The maximum atomic E-state index is 14.6. The molecule has 0 spiro atoms. The minimum atomic E-state index is -0.755. The van der Waals surface area contributed by atoms with Gasteiger partial charge in [-0.05, 0) is 124 Å². The van der Waals surface area contributed by atoms with E-state index >= 15 is 0 Å². The first-order valence-corrected chi connectivity index (χ1v) is 23.5. The summed E-state index contributed by atoms with van der Waals surface area (Å²) in [6.07, 6.45) is 5.65. The molecule has 0 aliphatic carbocycles. The van der Waals surface area contributed by atoms with Gasteiger partial charge in [-0.3, -0.25) is 9.59 Å². The number of fused-ring (bicyclic) bond motifs is 6. The fraction of sp³-hybridized carbons (Fsp3) is 0.520. The molecule has 5 aromatic rings. The van der Waals surface area contributed by atoms with E-state index in [2.05, 4.69) is 63.9 Å². The van der Waals surface area contributed by atoms with Gasteiger partial charge in [0.05, 0.1) is 61.4 Å². The number of hydrogen-bond donors (Lipinski definition) is 4. The van der Waals surface area contributed by atoms with Crippen LogP contribution in [0.15, 0.2) is 48.7 Å². The number of aromatic amines is 2. The lowest BCUT2D eigenvalue weighted by atomic mass is 9.85. The molecular weight excluding hydrogens is 841 g/mol. The van der Waals surface area contributed by atoms with Crippen LogP contribution in [0.1, 0.15) is 116 Å². The van der Waals surface area contributed by atoms with Crippen molar-refractivity contribution in [3.8, 4) is 28.1 Å². The number of methoxy groups -OCH3 is 2. The van der Waals surface area contributed by atoms with Crippen LogP contribution in [0.5, 0.6) is 5.75 Å². The maximum absolute atomic E-state index is 14.6. The number of rotatable bonds is 10. The molecule has 9 unspecified atom stereocenters. The van der Waals surface area contributed by atoms with Crippen LogP contribution in [0, 0.1) is 11.8 Å². The van der Waals surface area contributed by atoms with Crippen molar-refractivity contribution in [2.75, 3.05) is 14.2 Å². The number of nitrogens with zero attached hydrogens (tertiary/aromatic N) is 4. The fourth-order valence-electron chi connectivity index (χ4n) is 11.0. The molecule has 9 rings (SSSR count). The Morgan fingerprint density at radius 2 is 1.50 bits per heavy atom. The third-order valence-corrected chi connectivity index (χ3v) is 14.6. The quantitative estimate of drug-likeness (QED) is 0.106. The van der Waals surface area contributed by atoms with Crippen molar-refractivity contribution in [3.63, 3.8) is 0 Å². The lowest BCUT2D eigenvalue weighted by molar-refractivity contribution is -0.140. The van der Waals surface area contributed by atoms with E-state index in [9.17, 15) is 19.2 Å². The topological polar surface area (TPSA) is 193 Å². The Labute approximate surface area is 384 Å². The SMILES string of the molecule is CCC(C)C(NC(=O)OC)C(=O)N1C(C)CCC1c1ncc(-c2ccc3c(c2)COc2cc4c(ccc5[nH]c(C6CCC(C)N6C(=O)C(NC(=O)OC)C6CC(C)OC(C)C6)nc54)cc2-3)[nH]1. The van der Waals surface area contributed by atoms with Crippen LogP contribution in [0.3, 0.4) is 0 Å². The molecule has 66 heavy (non-hydrogen) atoms. The number of benzene rings is 3.